The van der Waals surface area contributed by atoms with Crippen LogP contribution in [0.5, 0.6) is 0 Å². The molecule has 3 aromatic rings. The van der Waals surface area contributed by atoms with Crippen molar-refractivity contribution < 1.29 is 14.0 Å². The summed E-state index contributed by atoms with van der Waals surface area (Å²) in [7, 11) is 1.61. The number of rotatable bonds is 2. The Morgan fingerprint density at radius 1 is 1.04 bits per heavy atom. The first-order valence-corrected chi connectivity index (χ1v) is 9.14. The minimum absolute atomic E-state index is 0.0157. The van der Waals surface area contributed by atoms with Gasteiger partial charge in [0.1, 0.15) is 0 Å². The average Bonchev–Trinajstić information content (AvgIpc) is 3.30. The highest BCUT2D eigenvalue weighted by Crippen LogP contribution is 2.18. The van der Waals surface area contributed by atoms with Gasteiger partial charge in [0.25, 0.3) is 11.8 Å². The van der Waals surface area contributed by atoms with Crippen LogP contribution in [-0.2, 0) is 7.05 Å². The van der Waals surface area contributed by atoms with E-state index in [4.69, 9.17) is 4.42 Å². The van der Waals surface area contributed by atoms with Crippen molar-refractivity contribution in [2.24, 2.45) is 7.05 Å². The molecule has 0 N–H and O–H groups in total. The van der Waals surface area contributed by atoms with E-state index in [9.17, 15) is 14.4 Å². The number of nitrogens with zero attached hydrogens (tertiary/aromatic N) is 3. The van der Waals surface area contributed by atoms with E-state index in [-0.39, 0.29) is 11.8 Å². The first-order chi connectivity index (χ1) is 12.5. The third-order valence-electron chi connectivity index (χ3n) is 4.62. The molecule has 7 nitrogen and oxygen atoms in total. The van der Waals surface area contributed by atoms with Crippen LogP contribution in [0.15, 0.2) is 44.9 Å². The lowest BCUT2D eigenvalue weighted by atomic mass is 10.1. The molecule has 134 valence electrons. The maximum absolute atomic E-state index is 12.8. The fourth-order valence-corrected chi connectivity index (χ4v) is 3.80. The van der Waals surface area contributed by atoms with E-state index in [2.05, 4.69) is 0 Å². The molecule has 0 unspecified atom stereocenters. The maximum atomic E-state index is 12.8. The topological polar surface area (TPSA) is 75.8 Å². The summed E-state index contributed by atoms with van der Waals surface area (Å²) in [6.07, 6.45) is 0. The Labute approximate surface area is 153 Å². The quantitative estimate of drug-likeness (QED) is 0.688. The summed E-state index contributed by atoms with van der Waals surface area (Å²) in [4.78, 5) is 41.0. The van der Waals surface area contributed by atoms with Crippen LogP contribution in [0.3, 0.4) is 0 Å². The van der Waals surface area contributed by atoms with Crippen molar-refractivity contribution in [3.8, 4) is 0 Å². The Kier molecular flexibility index (Phi) is 4.12. The molecule has 0 bridgehead atoms. The smallest absolute Gasteiger partial charge is 0.408 e. The van der Waals surface area contributed by atoms with Crippen LogP contribution in [0, 0.1) is 0 Å². The Bertz CT molecular complexity index is 1030. The molecule has 2 aromatic heterocycles. The third-order valence-corrected chi connectivity index (χ3v) is 5.48. The van der Waals surface area contributed by atoms with Crippen molar-refractivity contribution in [1.82, 2.24) is 14.4 Å². The van der Waals surface area contributed by atoms with Crippen LogP contribution < -0.4 is 5.76 Å². The summed E-state index contributed by atoms with van der Waals surface area (Å²) in [6, 6.07) is 8.65. The van der Waals surface area contributed by atoms with E-state index in [1.54, 1.807) is 35.0 Å². The molecule has 2 amide bonds. The van der Waals surface area contributed by atoms with Crippen LogP contribution in [0.1, 0.15) is 20.0 Å². The molecule has 1 aromatic carbocycles. The largest absolute Gasteiger partial charge is 0.419 e. The molecule has 3 heterocycles. The molecule has 0 saturated carbocycles. The first-order valence-electron chi connectivity index (χ1n) is 8.26. The van der Waals surface area contributed by atoms with E-state index in [1.165, 1.54) is 15.9 Å². The Hall–Kier alpha value is -2.87. The molecule has 1 fully saturated rings. The molecular formula is C18H17N3O4S. The summed E-state index contributed by atoms with van der Waals surface area (Å²) in [5.74, 6) is -0.545. The molecule has 8 heteroatoms. The fraction of sp³-hybridized carbons (Fsp3) is 0.278. The van der Waals surface area contributed by atoms with Gasteiger partial charge in [0.15, 0.2) is 5.58 Å². The number of hydrogen-bond acceptors (Lipinski definition) is 5. The van der Waals surface area contributed by atoms with Gasteiger partial charge in [-0.1, -0.05) is 6.07 Å². The van der Waals surface area contributed by atoms with Crippen molar-refractivity contribution in [3.05, 3.63) is 56.7 Å². The zero-order valence-corrected chi connectivity index (χ0v) is 15.0. The van der Waals surface area contributed by atoms with E-state index >= 15 is 0 Å². The highest BCUT2D eigenvalue weighted by molar-refractivity contribution is 7.12. The van der Waals surface area contributed by atoms with Gasteiger partial charge in [-0.3, -0.25) is 14.2 Å². The first kappa shape index (κ1) is 16.6. The minimum atomic E-state index is -0.453. The van der Waals surface area contributed by atoms with Gasteiger partial charge in [0.05, 0.1) is 10.4 Å². The van der Waals surface area contributed by atoms with Crippen molar-refractivity contribution >= 4 is 34.3 Å². The molecule has 0 spiro atoms. The zero-order valence-electron chi connectivity index (χ0n) is 14.2. The second-order valence-corrected chi connectivity index (χ2v) is 7.12. The number of carbonyl (C=O) groups is 2. The molecule has 26 heavy (non-hydrogen) atoms. The standard InChI is InChI=1S/C18H17N3O4S/c1-19-13-11-12(4-5-14(13)25-18(19)24)16(22)20-6-8-21(9-7-20)17(23)15-3-2-10-26-15/h2-5,10-11H,6-9H2,1H3. The number of benzene rings is 1. The second-order valence-electron chi connectivity index (χ2n) is 6.17. The molecule has 0 aliphatic carbocycles. The van der Waals surface area contributed by atoms with Gasteiger partial charge >= 0.3 is 5.76 Å². The van der Waals surface area contributed by atoms with Crippen LogP contribution in [0.2, 0.25) is 0 Å². The molecule has 0 atom stereocenters. The predicted octanol–water partition coefficient (Wildman–Crippen LogP) is 1.79. The Morgan fingerprint density at radius 2 is 1.73 bits per heavy atom. The molecule has 1 saturated heterocycles. The van der Waals surface area contributed by atoms with Gasteiger partial charge in [-0.25, -0.2) is 4.79 Å². The van der Waals surface area contributed by atoms with Crippen molar-refractivity contribution in [2.75, 3.05) is 26.2 Å². The SMILES string of the molecule is Cn1c(=O)oc2ccc(C(=O)N3CCN(C(=O)c4cccs4)CC3)cc21. The van der Waals surface area contributed by atoms with Gasteiger partial charge in [0.2, 0.25) is 0 Å². The highest BCUT2D eigenvalue weighted by Gasteiger charge is 2.26. The fourth-order valence-electron chi connectivity index (χ4n) is 3.11. The predicted molar refractivity (Wildman–Crippen MR) is 97.6 cm³/mol. The third kappa shape index (κ3) is 2.82. The number of aryl methyl sites for hydroxylation is 1. The summed E-state index contributed by atoms with van der Waals surface area (Å²) >= 11 is 1.42. The number of aromatic nitrogens is 1. The van der Waals surface area contributed by atoms with Crippen molar-refractivity contribution in [2.45, 2.75) is 0 Å². The van der Waals surface area contributed by atoms with E-state index in [0.29, 0.717) is 42.8 Å². The number of fused-ring (bicyclic) bond motifs is 1. The lowest BCUT2D eigenvalue weighted by Crippen LogP contribution is -2.50. The van der Waals surface area contributed by atoms with Crippen molar-refractivity contribution in [3.63, 3.8) is 0 Å². The number of piperazine rings is 1. The van der Waals surface area contributed by atoms with E-state index in [1.807, 2.05) is 17.5 Å². The molecular weight excluding hydrogens is 354 g/mol. The molecule has 4 rings (SSSR count). The van der Waals surface area contributed by atoms with Crippen LogP contribution in [-0.4, -0.2) is 52.4 Å². The minimum Gasteiger partial charge on any atom is -0.408 e. The number of hydrogen-bond donors (Lipinski definition) is 0. The summed E-state index contributed by atoms with van der Waals surface area (Å²) in [5.41, 5.74) is 1.56. The van der Waals surface area contributed by atoms with E-state index in [0.717, 1.165) is 4.88 Å². The summed E-state index contributed by atoms with van der Waals surface area (Å²) < 4.78 is 6.47. The highest BCUT2D eigenvalue weighted by atomic mass is 32.1. The average molecular weight is 371 g/mol. The lowest BCUT2D eigenvalue weighted by Gasteiger charge is -2.34. The number of oxazole rings is 1. The second kappa shape index (κ2) is 6.45. The lowest BCUT2D eigenvalue weighted by molar-refractivity contribution is 0.0538. The molecule has 1 aliphatic heterocycles. The zero-order chi connectivity index (χ0) is 18.3. The molecule has 0 radical (unpaired) electrons. The Morgan fingerprint density at radius 3 is 2.38 bits per heavy atom. The number of amides is 2. The van der Waals surface area contributed by atoms with Crippen molar-refractivity contribution in [1.29, 1.82) is 0 Å². The number of thiophene rings is 1. The van der Waals surface area contributed by atoms with Gasteiger partial charge in [-0.2, -0.15) is 0 Å². The van der Waals surface area contributed by atoms with Gasteiger partial charge in [0, 0.05) is 38.8 Å². The Balaban J connectivity index is 1.47. The monoisotopic (exact) mass is 371 g/mol. The van der Waals surface area contributed by atoms with E-state index < -0.39 is 5.76 Å². The summed E-state index contributed by atoms with van der Waals surface area (Å²) in [6.45, 7) is 1.99. The van der Waals surface area contributed by atoms with Gasteiger partial charge in [-0.15, -0.1) is 11.3 Å². The van der Waals surface area contributed by atoms with Crippen LogP contribution in [0.25, 0.3) is 11.1 Å². The van der Waals surface area contributed by atoms with Gasteiger partial charge in [-0.05, 0) is 29.6 Å². The molecule has 1 aliphatic rings. The van der Waals surface area contributed by atoms with Gasteiger partial charge < -0.3 is 14.2 Å². The summed E-state index contributed by atoms with van der Waals surface area (Å²) in [5, 5.41) is 1.88. The maximum Gasteiger partial charge on any atom is 0.419 e. The normalized spacial score (nSPS) is 14.8. The van der Waals surface area contributed by atoms with Crippen LogP contribution >= 0.6 is 11.3 Å². The van der Waals surface area contributed by atoms with Crippen LogP contribution in [0.4, 0.5) is 0 Å². The number of carbonyl (C=O) groups excluding carboxylic acids is 2.